The van der Waals surface area contributed by atoms with Gasteiger partial charge in [0, 0.05) is 22.5 Å². The first kappa shape index (κ1) is 26.7. The summed E-state index contributed by atoms with van der Waals surface area (Å²) >= 11 is 5.98. The number of rotatable bonds is 5. The van der Waals surface area contributed by atoms with Crippen LogP contribution in [0.15, 0.2) is 42.5 Å². The Morgan fingerprint density at radius 2 is 1.73 bits per heavy atom. The van der Waals surface area contributed by atoms with Gasteiger partial charge in [-0.3, -0.25) is 5.41 Å². The molecule has 2 atom stereocenters. The molecule has 176 valence electrons. The number of hydrogen-bond donors (Lipinski definition) is 4. The van der Waals surface area contributed by atoms with E-state index >= 15 is 0 Å². The summed E-state index contributed by atoms with van der Waals surface area (Å²) in [6.07, 6.45) is 8.14. The number of aryl methyl sites for hydroxylation is 1. The molecule has 0 bridgehead atoms. The molecule has 1 aliphatic rings. The molecule has 1 fully saturated rings. The molecule has 1 aromatic heterocycles. The highest BCUT2D eigenvalue weighted by molar-refractivity contribution is 6.30. The minimum absolute atomic E-state index is 0. The number of benzene rings is 2. The standard InChI is InChI=1S/C24H27ClN6.2ClH/c1-15-6-12-19-18(14-15)23(29-20-4-2-3-5-21(20)30-24(26)27)31-22(28-19)13-9-16-7-10-17(25)11-8-16;;/h6-14,20-21H,2-5H2,1H3,(H4,26,27,30)(H,28,29,31);2*1H/b13-9+;;. The summed E-state index contributed by atoms with van der Waals surface area (Å²) in [5.41, 5.74) is 8.70. The first-order chi connectivity index (χ1) is 15.0. The lowest BCUT2D eigenvalue weighted by Crippen LogP contribution is -2.50. The van der Waals surface area contributed by atoms with E-state index in [9.17, 15) is 0 Å². The third-order valence-corrected chi connectivity index (χ3v) is 5.84. The summed E-state index contributed by atoms with van der Waals surface area (Å²) in [5, 5.41) is 16.1. The van der Waals surface area contributed by atoms with Gasteiger partial charge < -0.3 is 16.4 Å². The van der Waals surface area contributed by atoms with Gasteiger partial charge in [-0.1, -0.05) is 54.3 Å². The molecule has 6 nitrogen and oxygen atoms in total. The number of nitrogens with one attached hydrogen (secondary N) is 3. The van der Waals surface area contributed by atoms with Gasteiger partial charge in [-0.05, 0) is 55.7 Å². The van der Waals surface area contributed by atoms with E-state index < -0.39 is 0 Å². The van der Waals surface area contributed by atoms with Crippen LogP contribution in [0.25, 0.3) is 23.1 Å². The topological polar surface area (TPSA) is 99.7 Å². The summed E-state index contributed by atoms with van der Waals surface area (Å²) in [6.45, 7) is 2.07. The van der Waals surface area contributed by atoms with Crippen LogP contribution in [-0.2, 0) is 0 Å². The fraction of sp³-hybridized carbons (Fsp3) is 0.292. The van der Waals surface area contributed by atoms with Gasteiger partial charge in [0.25, 0.3) is 0 Å². The fourth-order valence-corrected chi connectivity index (χ4v) is 4.17. The fourth-order valence-electron chi connectivity index (χ4n) is 4.04. The zero-order chi connectivity index (χ0) is 21.8. The third-order valence-electron chi connectivity index (χ3n) is 5.59. The van der Waals surface area contributed by atoms with E-state index in [-0.39, 0.29) is 42.9 Å². The van der Waals surface area contributed by atoms with Gasteiger partial charge >= 0.3 is 0 Å². The molecule has 3 aromatic rings. The SMILES string of the molecule is Cc1ccc2nc(/C=C/c3ccc(Cl)cc3)nc(NC3CCCCC3NC(=N)N)c2c1.Cl.Cl. The van der Waals surface area contributed by atoms with Gasteiger partial charge in [-0.15, -0.1) is 24.8 Å². The Hall–Kier alpha value is -2.54. The summed E-state index contributed by atoms with van der Waals surface area (Å²) in [7, 11) is 0. The number of halogens is 3. The normalized spacial score (nSPS) is 17.8. The molecule has 4 rings (SSSR count). The zero-order valence-electron chi connectivity index (χ0n) is 18.3. The molecule has 0 radical (unpaired) electrons. The molecule has 5 N–H and O–H groups in total. The molecule has 1 saturated carbocycles. The molecule has 0 aliphatic heterocycles. The largest absolute Gasteiger partial charge is 0.370 e. The summed E-state index contributed by atoms with van der Waals surface area (Å²) < 4.78 is 0. The van der Waals surface area contributed by atoms with E-state index in [4.69, 9.17) is 32.7 Å². The van der Waals surface area contributed by atoms with Crippen molar-refractivity contribution in [1.82, 2.24) is 15.3 Å². The van der Waals surface area contributed by atoms with Crippen molar-refractivity contribution in [2.75, 3.05) is 5.32 Å². The van der Waals surface area contributed by atoms with Crippen LogP contribution in [0.1, 0.15) is 42.6 Å². The average molecular weight is 508 g/mol. The number of hydrogen-bond acceptors (Lipinski definition) is 4. The van der Waals surface area contributed by atoms with Crippen LogP contribution < -0.4 is 16.4 Å². The van der Waals surface area contributed by atoms with E-state index in [1.165, 1.54) is 0 Å². The van der Waals surface area contributed by atoms with Gasteiger partial charge in [0.05, 0.1) is 5.52 Å². The van der Waals surface area contributed by atoms with Gasteiger partial charge in [0.15, 0.2) is 11.8 Å². The van der Waals surface area contributed by atoms with Gasteiger partial charge in [-0.2, -0.15) is 0 Å². The molecule has 1 heterocycles. The van der Waals surface area contributed by atoms with Crippen molar-refractivity contribution in [2.45, 2.75) is 44.7 Å². The van der Waals surface area contributed by atoms with E-state index in [2.05, 4.69) is 29.7 Å². The smallest absolute Gasteiger partial charge is 0.185 e. The maximum atomic E-state index is 7.64. The predicted molar refractivity (Wildman–Crippen MR) is 144 cm³/mol. The maximum Gasteiger partial charge on any atom is 0.185 e. The molecule has 1 aliphatic carbocycles. The summed E-state index contributed by atoms with van der Waals surface area (Å²) in [4.78, 5) is 9.57. The summed E-state index contributed by atoms with van der Waals surface area (Å²) in [6, 6.07) is 14.1. The number of anilines is 1. The van der Waals surface area contributed by atoms with Crippen LogP contribution in [0.4, 0.5) is 5.82 Å². The number of nitrogens with zero attached hydrogens (tertiary/aromatic N) is 2. The highest BCUT2D eigenvalue weighted by Gasteiger charge is 2.26. The lowest BCUT2D eigenvalue weighted by atomic mass is 9.90. The molecule has 2 aromatic carbocycles. The first-order valence-electron chi connectivity index (χ1n) is 10.6. The van der Waals surface area contributed by atoms with Gasteiger partial charge in [0.2, 0.25) is 0 Å². The monoisotopic (exact) mass is 506 g/mol. The Balaban J connectivity index is 0.00000193. The Labute approximate surface area is 211 Å². The minimum Gasteiger partial charge on any atom is -0.370 e. The minimum atomic E-state index is 0. The van der Waals surface area contributed by atoms with Crippen molar-refractivity contribution in [3.8, 4) is 0 Å². The van der Waals surface area contributed by atoms with E-state index in [0.29, 0.717) is 10.8 Å². The molecular weight excluding hydrogens is 479 g/mol. The number of fused-ring (bicyclic) bond motifs is 1. The van der Waals surface area contributed by atoms with Crippen molar-refractivity contribution in [3.63, 3.8) is 0 Å². The van der Waals surface area contributed by atoms with Crippen LogP contribution >= 0.6 is 36.4 Å². The van der Waals surface area contributed by atoms with Crippen molar-refractivity contribution in [2.24, 2.45) is 5.73 Å². The Morgan fingerprint density at radius 3 is 2.42 bits per heavy atom. The quantitative estimate of drug-likeness (QED) is 0.258. The highest BCUT2D eigenvalue weighted by Crippen LogP contribution is 2.27. The van der Waals surface area contributed by atoms with E-state index in [1.807, 2.05) is 42.5 Å². The van der Waals surface area contributed by atoms with Crippen LogP contribution in [0.3, 0.4) is 0 Å². The Morgan fingerprint density at radius 1 is 1.03 bits per heavy atom. The van der Waals surface area contributed by atoms with E-state index in [1.54, 1.807) is 0 Å². The Bertz CT molecular complexity index is 1120. The second-order valence-corrected chi connectivity index (χ2v) is 8.47. The maximum absolute atomic E-state index is 7.64. The number of aromatic nitrogens is 2. The molecule has 0 spiro atoms. The Kier molecular flexibility index (Phi) is 9.77. The van der Waals surface area contributed by atoms with Crippen molar-refractivity contribution >= 4 is 71.2 Å². The van der Waals surface area contributed by atoms with Crippen molar-refractivity contribution in [1.29, 1.82) is 5.41 Å². The summed E-state index contributed by atoms with van der Waals surface area (Å²) in [5.74, 6) is 1.46. The van der Waals surface area contributed by atoms with Crippen LogP contribution in [0.5, 0.6) is 0 Å². The molecule has 33 heavy (non-hydrogen) atoms. The van der Waals surface area contributed by atoms with Crippen LogP contribution in [-0.4, -0.2) is 28.0 Å². The van der Waals surface area contributed by atoms with Gasteiger partial charge in [-0.25, -0.2) is 9.97 Å². The second kappa shape index (κ2) is 12.1. The molecule has 0 saturated heterocycles. The van der Waals surface area contributed by atoms with Crippen molar-refractivity contribution < 1.29 is 0 Å². The highest BCUT2D eigenvalue weighted by atomic mass is 35.5. The van der Waals surface area contributed by atoms with Gasteiger partial charge in [0.1, 0.15) is 5.82 Å². The molecular formula is C24H29Cl3N6. The van der Waals surface area contributed by atoms with E-state index in [0.717, 1.165) is 53.5 Å². The number of nitrogens with two attached hydrogens (primary N) is 1. The molecule has 2 unspecified atom stereocenters. The van der Waals surface area contributed by atoms with Crippen LogP contribution in [0.2, 0.25) is 5.02 Å². The number of guanidine groups is 1. The first-order valence-corrected chi connectivity index (χ1v) is 10.9. The zero-order valence-corrected chi connectivity index (χ0v) is 20.7. The second-order valence-electron chi connectivity index (χ2n) is 8.04. The third kappa shape index (κ3) is 6.97. The molecule has 0 amide bonds. The lowest BCUT2D eigenvalue weighted by molar-refractivity contribution is 0.377. The average Bonchev–Trinajstić information content (AvgIpc) is 2.75. The predicted octanol–water partition coefficient (Wildman–Crippen LogP) is 5.81. The molecule has 9 heteroatoms. The lowest BCUT2D eigenvalue weighted by Gasteiger charge is -2.33. The van der Waals surface area contributed by atoms with Crippen molar-refractivity contribution in [3.05, 3.63) is 64.4 Å². The van der Waals surface area contributed by atoms with Crippen LogP contribution in [0, 0.1) is 12.3 Å².